The van der Waals surface area contributed by atoms with Crippen LogP contribution < -0.4 is 10.1 Å². The molecule has 0 saturated heterocycles. The average molecular weight is 464 g/mol. The van der Waals surface area contributed by atoms with Gasteiger partial charge in [0.25, 0.3) is 5.91 Å². The van der Waals surface area contributed by atoms with Crippen molar-refractivity contribution in [1.82, 2.24) is 5.32 Å². The van der Waals surface area contributed by atoms with Crippen LogP contribution in [0, 0.1) is 24.7 Å². The van der Waals surface area contributed by atoms with Crippen molar-refractivity contribution in [3.05, 3.63) is 29.8 Å². The highest BCUT2D eigenvalue weighted by atomic mass is 79.9. The summed E-state index contributed by atoms with van der Waals surface area (Å²) in [4.78, 5) is 25.0. The standard InChI is InChI=1S/C23H30BrNO4/c1-14-4-6-18(7-5-14)28-22(2,3)21(27)25-20-16-8-15-9-17(20)12-23(10-15,11-16)29-19(26)13-24/h4-7,15-17,20H,8-13H2,1-3H3,(H,25,27)/t15?,16-,17+,20?,23?. The van der Waals surface area contributed by atoms with Crippen LogP contribution in [0.2, 0.25) is 0 Å². The number of rotatable bonds is 6. The molecule has 4 aliphatic rings. The van der Waals surface area contributed by atoms with Crippen molar-refractivity contribution in [1.29, 1.82) is 0 Å². The summed E-state index contributed by atoms with van der Waals surface area (Å²) < 4.78 is 11.9. The molecule has 6 heteroatoms. The van der Waals surface area contributed by atoms with Gasteiger partial charge in [0, 0.05) is 6.04 Å². The zero-order valence-corrected chi connectivity index (χ0v) is 19.0. The first-order chi connectivity index (χ1) is 13.7. The van der Waals surface area contributed by atoms with E-state index in [1.165, 1.54) is 0 Å². The highest BCUT2D eigenvalue weighted by molar-refractivity contribution is 9.09. The van der Waals surface area contributed by atoms with Gasteiger partial charge >= 0.3 is 5.97 Å². The normalized spacial score (nSPS) is 32.7. The second kappa shape index (κ2) is 7.60. The highest BCUT2D eigenvalue weighted by Gasteiger charge is 2.58. The maximum Gasteiger partial charge on any atom is 0.317 e. The Kier molecular flexibility index (Phi) is 5.43. The summed E-state index contributed by atoms with van der Waals surface area (Å²) in [5.74, 6) is 1.76. The van der Waals surface area contributed by atoms with E-state index in [2.05, 4.69) is 21.2 Å². The van der Waals surface area contributed by atoms with Crippen LogP contribution in [0.3, 0.4) is 0 Å². The van der Waals surface area contributed by atoms with Crippen molar-refractivity contribution in [3.63, 3.8) is 0 Å². The number of hydrogen-bond donors (Lipinski definition) is 1. The molecule has 5 atom stereocenters. The Balaban J connectivity index is 1.43. The van der Waals surface area contributed by atoms with Crippen LogP contribution in [0.15, 0.2) is 24.3 Å². The first-order valence-corrected chi connectivity index (χ1v) is 11.7. The molecular weight excluding hydrogens is 434 g/mol. The summed E-state index contributed by atoms with van der Waals surface area (Å²) in [6.45, 7) is 5.66. The maximum absolute atomic E-state index is 13.1. The average Bonchev–Trinajstić information content (AvgIpc) is 2.65. The van der Waals surface area contributed by atoms with Crippen molar-refractivity contribution < 1.29 is 19.1 Å². The van der Waals surface area contributed by atoms with Gasteiger partial charge in [0.1, 0.15) is 16.7 Å². The van der Waals surface area contributed by atoms with Crippen molar-refractivity contribution in [2.45, 2.75) is 70.1 Å². The van der Waals surface area contributed by atoms with Gasteiger partial charge in [-0.3, -0.25) is 9.59 Å². The first kappa shape index (κ1) is 20.7. The fourth-order valence-corrected chi connectivity index (χ4v) is 5.97. The molecule has 0 aliphatic heterocycles. The van der Waals surface area contributed by atoms with Crippen LogP contribution in [0.25, 0.3) is 0 Å². The maximum atomic E-state index is 13.1. The molecule has 4 bridgehead atoms. The number of amides is 1. The van der Waals surface area contributed by atoms with E-state index in [1.54, 1.807) is 0 Å². The molecule has 0 spiro atoms. The fraction of sp³-hybridized carbons (Fsp3) is 0.652. The molecule has 5 rings (SSSR count). The quantitative estimate of drug-likeness (QED) is 0.508. The Morgan fingerprint density at radius 2 is 1.76 bits per heavy atom. The number of aryl methyl sites for hydroxylation is 1. The highest BCUT2D eigenvalue weighted by Crippen LogP contribution is 2.57. The summed E-state index contributed by atoms with van der Waals surface area (Å²) >= 11 is 3.21. The summed E-state index contributed by atoms with van der Waals surface area (Å²) in [6.07, 6.45) is 4.88. The number of alkyl halides is 1. The zero-order chi connectivity index (χ0) is 20.8. The lowest BCUT2D eigenvalue weighted by Gasteiger charge is -2.59. The van der Waals surface area contributed by atoms with Gasteiger partial charge in [-0.2, -0.15) is 0 Å². The molecule has 0 aromatic heterocycles. The number of carbonyl (C=O) groups excluding carboxylic acids is 2. The van der Waals surface area contributed by atoms with Gasteiger partial charge in [-0.15, -0.1) is 0 Å². The summed E-state index contributed by atoms with van der Waals surface area (Å²) in [6, 6.07) is 7.89. The van der Waals surface area contributed by atoms with Crippen LogP contribution in [0.1, 0.15) is 51.5 Å². The number of benzene rings is 1. The van der Waals surface area contributed by atoms with E-state index >= 15 is 0 Å². The predicted octanol–water partition coefficient (Wildman–Crippen LogP) is 4.15. The summed E-state index contributed by atoms with van der Waals surface area (Å²) in [5, 5.41) is 3.54. The molecular formula is C23H30BrNO4. The van der Waals surface area contributed by atoms with Gasteiger partial charge in [0.15, 0.2) is 5.60 Å². The van der Waals surface area contributed by atoms with E-state index in [0.29, 0.717) is 23.5 Å². The minimum absolute atomic E-state index is 0.0814. The third-order valence-corrected chi connectivity index (χ3v) is 7.35. The molecule has 0 radical (unpaired) electrons. The smallest absolute Gasteiger partial charge is 0.317 e. The van der Waals surface area contributed by atoms with Crippen molar-refractivity contribution >= 4 is 27.8 Å². The molecule has 5 nitrogen and oxygen atoms in total. The third kappa shape index (κ3) is 4.18. The van der Waals surface area contributed by atoms with Crippen LogP contribution in [0.4, 0.5) is 0 Å². The Morgan fingerprint density at radius 3 is 2.34 bits per heavy atom. The van der Waals surface area contributed by atoms with Gasteiger partial charge in [-0.1, -0.05) is 33.6 Å². The number of halogens is 1. The minimum Gasteiger partial charge on any atom is -0.478 e. The number of esters is 1. The lowest BCUT2D eigenvalue weighted by Crippen LogP contribution is -2.64. The molecule has 4 saturated carbocycles. The molecule has 1 N–H and O–H groups in total. The van der Waals surface area contributed by atoms with E-state index in [9.17, 15) is 9.59 Å². The number of carbonyl (C=O) groups is 2. The lowest BCUT2D eigenvalue weighted by molar-refractivity contribution is -0.189. The number of nitrogens with one attached hydrogen (secondary N) is 1. The van der Waals surface area contributed by atoms with Gasteiger partial charge in [0.05, 0.1) is 0 Å². The van der Waals surface area contributed by atoms with E-state index in [0.717, 1.165) is 37.7 Å². The molecule has 29 heavy (non-hydrogen) atoms. The molecule has 4 fully saturated rings. The molecule has 1 aromatic carbocycles. The predicted molar refractivity (Wildman–Crippen MR) is 114 cm³/mol. The molecule has 3 unspecified atom stereocenters. The molecule has 1 amide bonds. The number of hydrogen-bond acceptors (Lipinski definition) is 4. The van der Waals surface area contributed by atoms with Crippen LogP contribution in [0.5, 0.6) is 5.75 Å². The van der Waals surface area contributed by atoms with Gasteiger partial charge in [-0.05, 0) is 82.8 Å². The van der Waals surface area contributed by atoms with Gasteiger partial charge in [-0.25, -0.2) is 0 Å². The first-order valence-electron chi connectivity index (χ1n) is 10.5. The SMILES string of the molecule is Cc1ccc(OC(C)(C)C(=O)NC2[C@@H]3CC4C[C@H]2CC(OC(=O)CBr)(C4)C3)cc1. The van der Waals surface area contributed by atoms with Crippen molar-refractivity contribution in [3.8, 4) is 5.75 Å². The monoisotopic (exact) mass is 463 g/mol. The molecule has 158 valence electrons. The van der Waals surface area contributed by atoms with Crippen LogP contribution in [-0.2, 0) is 14.3 Å². The fourth-order valence-electron chi connectivity index (χ4n) is 5.85. The number of ether oxygens (including phenoxy) is 2. The van der Waals surface area contributed by atoms with Crippen molar-refractivity contribution in [2.75, 3.05) is 5.33 Å². The van der Waals surface area contributed by atoms with E-state index < -0.39 is 5.60 Å². The Labute approximate surface area is 181 Å². The van der Waals surface area contributed by atoms with Crippen molar-refractivity contribution in [2.24, 2.45) is 17.8 Å². The van der Waals surface area contributed by atoms with Gasteiger partial charge in [0.2, 0.25) is 0 Å². The Morgan fingerprint density at radius 1 is 1.14 bits per heavy atom. The topological polar surface area (TPSA) is 64.6 Å². The minimum atomic E-state index is -0.954. The molecule has 1 aromatic rings. The third-order valence-electron chi connectivity index (χ3n) is 6.90. The second-order valence-electron chi connectivity index (χ2n) is 9.69. The van der Waals surface area contributed by atoms with Crippen LogP contribution in [-0.4, -0.2) is 34.5 Å². The van der Waals surface area contributed by atoms with E-state index in [1.807, 2.05) is 45.0 Å². The van der Waals surface area contributed by atoms with E-state index in [4.69, 9.17) is 9.47 Å². The molecule has 4 aliphatic carbocycles. The summed E-state index contributed by atoms with van der Waals surface area (Å²) in [7, 11) is 0. The summed E-state index contributed by atoms with van der Waals surface area (Å²) in [5.41, 5.74) is -0.122. The molecule has 0 heterocycles. The lowest BCUT2D eigenvalue weighted by atomic mass is 9.52. The van der Waals surface area contributed by atoms with E-state index in [-0.39, 0.29) is 28.8 Å². The second-order valence-corrected chi connectivity index (χ2v) is 10.2. The largest absolute Gasteiger partial charge is 0.478 e. The Hall–Kier alpha value is -1.56. The Bertz CT molecular complexity index is 775. The van der Waals surface area contributed by atoms with Crippen LogP contribution >= 0.6 is 15.9 Å². The van der Waals surface area contributed by atoms with Gasteiger partial charge < -0.3 is 14.8 Å². The zero-order valence-electron chi connectivity index (χ0n) is 17.4.